The Balaban J connectivity index is 1.52. The number of fused-ring (bicyclic) bond motifs is 1. The molecule has 1 aliphatic rings. The monoisotopic (exact) mass is 542 g/mol. The van der Waals surface area contributed by atoms with Crippen molar-refractivity contribution < 1.29 is 48.8 Å². The first-order valence-electron chi connectivity index (χ1n) is 9.63. The van der Waals surface area contributed by atoms with Crippen LogP contribution in [0.3, 0.4) is 0 Å². The SMILES string of the molecule is Fc1c(F)c(F)c(OSc2ccc3c(c2)OCCC3Oc2ccc(C(F)(F)F)cc2Cl)c(F)c1F. The molecule has 0 fully saturated rings. The van der Waals surface area contributed by atoms with Gasteiger partial charge in [-0.1, -0.05) is 17.7 Å². The molecular weight excluding hydrogens is 532 g/mol. The van der Waals surface area contributed by atoms with Crippen LogP contribution in [0.25, 0.3) is 0 Å². The molecule has 3 aromatic rings. The van der Waals surface area contributed by atoms with Crippen LogP contribution in [0.2, 0.25) is 5.02 Å². The van der Waals surface area contributed by atoms with Crippen molar-refractivity contribution in [2.45, 2.75) is 23.6 Å². The normalized spacial score (nSPS) is 15.4. The molecule has 186 valence electrons. The van der Waals surface area contributed by atoms with Gasteiger partial charge in [-0.05, 0) is 30.3 Å². The fourth-order valence-corrected chi connectivity index (χ4v) is 4.01. The predicted molar refractivity (Wildman–Crippen MR) is 109 cm³/mol. The minimum atomic E-state index is -4.57. The summed E-state index contributed by atoms with van der Waals surface area (Å²) in [7, 11) is 0. The number of ether oxygens (including phenoxy) is 2. The van der Waals surface area contributed by atoms with E-state index in [0.29, 0.717) is 24.0 Å². The van der Waals surface area contributed by atoms with E-state index >= 15 is 0 Å². The van der Waals surface area contributed by atoms with E-state index < -0.39 is 52.7 Å². The molecule has 0 saturated carbocycles. The van der Waals surface area contributed by atoms with Crippen LogP contribution in [0, 0.1) is 29.1 Å². The van der Waals surface area contributed by atoms with Gasteiger partial charge in [0.15, 0.2) is 0 Å². The maximum atomic E-state index is 13.8. The third-order valence-corrected chi connectivity index (χ3v) is 5.88. The molecule has 0 radical (unpaired) electrons. The lowest BCUT2D eigenvalue weighted by Gasteiger charge is -2.27. The smallest absolute Gasteiger partial charge is 0.416 e. The number of halogens is 9. The number of benzene rings is 3. The molecule has 0 spiro atoms. The molecule has 0 bridgehead atoms. The lowest BCUT2D eigenvalue weighted by Crippen LogP contribution is -2.19. The van der Waals surface area contributed by atoms with Gasteiger partial charge in [0.2, 0.25) is 34.8 Å². The highest BCUT2D eigenvalue weighted by atomic mass is 35.5. The van der Waals surface area contributed by atoms with Gasteiger partial charge < -0.3 is 13.7 Å². The Labute approximate surface area is 201 Å². The highest BCUT2D eigenvalue weighted by Crippen LogP contribution is 2.41. The summed E-state index contributed by atoms with van der Waals surface area (Å²) in [5.41, 5.74) is -0.439. The maximum Gasteiger partial charge on any atom is 0.416 e. The summed E-state index contributed by atoms with van der Waals surface area (Å²) in [6.45, 7) is 0.155. The molecule has 1 atom stereocenters. The molecule has 1 heterocycles. The minimum Gasteiger partial charge on any atom is -0.493 e. The molecule has 3 nitrogen and oxygen atoms in total. The molecule has 13 heteroatoms. The van der Waals surface area contributed by atoms with Crippen molar-refractivity contribution in [2.75, 3.05) is 6.61 Å². The molecule has 35 heavy (non-hydrogen) atoms. The van der Waals surface area contributed by atoms with Crippen LogP contribution in [0.5, 0.6) is 17.2 Å². The van der Waals surface area contributed by atoms with Gasteiger partial charge in [-0.25, -0.2) is 13.2 Å². The third-order valence-electron chi connectivity index (χ3n) is 4.89. The molecular formula is C22H11ClF8O3S. The molecule has 0 saturated heterocycles. The summed E-state index contributed by atoms with van der Waals surface area (Å²) in [5, 5.41) is -0.240. The number of hydrogen-bond acceptors (Lipinski definition) is 4. The fraction of sp³-hybridized carbons (Fsp3) is 0.182. The van der Waals surface area contributed by atoms with Crippen molar-refractivity contribution in [3.8, 4) is 17.2 Å². The van der Waals surface area contributed by atoms with Crippen molar-refractivity contribution in [2.24, 2.45) is 0 Å². The average Bonchev–Trinajstić information content (AvgIpc) is 2.82. The zero-order valence-electron chi connectivity index (χ0n) is 17.0. The molecule has 4 rings (SSSR count). The first-order chi connectivity index (χ1) is 16.5. The summed E-state index contributed by atoms with van der Waals surface area (Å²) < 4.78 is 122. The van der Waals surface area contributed by atoms with Crippen LogP contribution in [0.1, 0.15) is 23.7 Å². The van der Waals surface area contributed by atoms with Crippen LogP contribution < -0.4 is 13.7 Å². The van der Waals surface area contributed by atoms with Gasteiger partial charge in [-0.15, -0.1) is 0 Å². The molecule has 1 unspecified atom stereocenters. The van der Waals surface area contributed by atoms with Gasteiger partial charge >= 0.3 is 6.18 Å². The zero-order valence-corrected chi connectivity index (χ0v) is 18.6. The highest BCUT2D eigenvalue weighted by Gasteiger charge is 2.32. The van der Waals surface area contributed by atoms with Crippen LogP contribution in [-0.4, -0.2) is 6.61 Å². The van der Waals surface area contributed by atoms with E-state index in [0.717, 1.165) is 18.2 Å². The van der Waals surface area contributed by atoms with E-state index in [-0.39, 0.29) is 28.0 Å². The Hall–Kier alpha value is -2.86. The van der Waals surface area contributed by atoms with Gasteiger partial charge in [0.05, 0.1) is 34.1 Å². The van der Waals surface area contributed by atoms with Crippen molar-refractivity contribution in [3.05, 3.63) is 81.6 Å². The third kappa shape index (κ3) is 5.08. The number of rotatable bonds is 5. The Bertz CT molecular complexity index is 1260. The second-order valence-corrected chi connectivity index (χ2v) is 8.36. The second kappa shape index (κ2) is 9.65. The second-order valence-electron chi connectivity index (χ2n) is 7.15. The van der Waals surface area contributed by atoms with Gasteiger partial charge in [0.25, 0.3) is 0 Å². The van der Waals surface area contributed by atoms with Crippen LogP contribution in [0.15, 0.2) is 41.3 Å². The Morgan fingerprint density at radius 3 is 2.17 bits per heavy atom. The molecule has 0 aliphatic carbocycles. The predicted octanol–water partition coefficient (Wildman–Crippen LogP) is 8.04. The standard InChI is InChI=1S/C22H11ClF8O3S/c23-12-7-9(22(29,30)31)1-4-14(12)33-13-5-6-32-15-8-10(2-3-11(13)15)35-34-21-19(27)17(25)16(24)18(26)20(21)28/h1-4,7-8,13H,5-6H2. The topological polar surface area (TPSA) is 27.7 Å². The first kappa shape index (κ1) is 25.2. The average molecular weight is 543 g/mol. The summed E-state index contributed by atoms with van der Waals surface area (Å²) in [6, 6.07) is 6.97. The van der Waals surface area contributed by atoms with E-state index in [1.54, 1.807) is 0 Å². The minimum absolute atomic E-state index is 0.0191. The largest absolute Gasteiger partial charge is 0.493 e. The van der Waals surface area contributed by atoms with Crippen molar-refractivity contribution in [3.63, 3.8) is 0 Å². The number of hydrogen-bond donors (Lipinski definition) is 0. The van der Waals surface area contributed by atoms with E-state index in [1.165, 1.54) is 18.2 Å². The lowest BCUT2D eigenvalue weighted by atomic mass is 10.0. The molecule has 0 N–H and O–H groups in total. The summed E-state index contributed by atoms with van der Waals surface area (Å²) >= 11 is 6.27. The molecule has 1 aliphatic heterocycles. The van der Waals surface area contributed by atoms with Gasteiger partial charge in [0, 0.05) is 12.0 Å². The first-order valence-corrected chi connectivity index (χ1v) is 10.8. The lowest BCUT2D eigenvalue weighted by molar-refractivity contribution is -0.137. The fourth-order valence-electron chi connectivity index (χ4n) is 3.19. The van der Waals surface area contributed by atoms with E-state index in [2.05, 4.69) is 0 Å². The summed E-state index contributed by atoms with van der Waals surface area (Å²) in [5.74, 6) is -12.0. The maximum absolute atomic E-state index is 13.8. The zero-order chi connectivity index (χ0) is 25.5. The van der Waals surface area contributed by atoms with E-state index in [1.807, 2.05) is 0 Å². The number of alkyl halides is 3. The van der Waals surface area contributed by atoms with Gasteiger partial charge in [-0.3, -0.25) is 0 Å². The van der Waals surface area contributed by atoms with E-state index in [4.69, 9.17) is 25.3 Å². The van der Waals surface area contributed by atoms with E-state index in [9.17, 15) is 35.1 Å². The Morgan fingerprint density at radius 1 is 0.886 bits per heavy atom. The molecule has 0 aromatic heterocycles. The summed E-state index contributed by atoms with van der Waals surface area (Å²) in [6.07, 6.45) is -4.89. The van der Waals surface area contributed by atoms with Crippen molar-refractivity contribution in [1.82, 2.24) is 0 Å². The summed E-state index contributed by atoms with van der Waals surface area (Å²) in [4.78, 5) is 0.195. The van der Waals surface area contributed by atoms with Crippen LogP contribution in [0.4, 0.5) is 35.1 Å². The Kier molecular flexibility index (Phi) is 6.96. The quantitative estimate of drug-likeness (QED) is 0.141. The molecule has 3 aromatic carbocycles. The van der Waals surface area contributed by atoms with Crippen LogP contribution >= 0.6 is 23.6 Å². The van der Waals surface area contributed by atoms with Gasteiger partial charge in [0.1, 0.15) is 17.6 Å². The highest BCUT2D eigenvalue weighted by molar-refractivity contribution is 7.95. The molecule has 0 amide bonds. The van der Waals surface area contributed by atoms with Crippen molar-refractivity contribution >= 4 is 23.6 Å². The van der Waals surface area contributed by atoms with Crippen molar-refractivity contribution in [1.29, 1.82) is 0 Å². The van der Waals surface area contributed by atoms with Gasteiger partial charge in [-0.2, -0.15) is 22.0 Å². The Morgan fingerprint density at radius 2 is 1.54 bits per heavy atom. The van der Waals surface area contributed by atoms with Crippen LogP contribution in [-0.2, 0) is 6.18 Å².